The van der Waals surface area contributed by atoms with Gasteiger partial charge in [0.1, 0.15) is 11.3 Å². The van der Waals surface area contributed by atoms with Gasteiger partial charge in [-0.15, -0.1) is 0 Å². The topological polar surface area (TPSA) is 72.5 Å². The third-order valence-electron chi connectivity index (χ3n) is 4.31. The number of aryl methyl sites for hydroxylation is 1. The first-order valence-corrected chi connectivity index (χ1v) is 8.77. The van der Waals surface area contributed by atoms with Crippen molar-refractivity contribution in [3.05, 3.63) is 95.7 Å². The summed E-state index contributed by atoms with van der Waals surface area (Å²) in [5.41, 5.74) is 2.43. The second kappa shape index (κ2) is 7.40. The van der Waals surface area contributed by atoms with Crippen molar-refractivity contribution in [2.75, 3.05) is 5.32 Å². The molecule has 0 radical (unpaired) electrons. The van der Waals surface area contributed by atoms with E-state index < -0.39 is 0 Å². The molecule has 0 unspecified atom stereocenters. The fraction of sp³-hybridized carbons (Fsp3) is 0.0435. The molecule has 2 aromatic heterocycles. The van der Waals surface area contributed by atoms with E-state index in [1.54, 1.807) is 42.5 Å². The summed E-state index contributed by atoms with van der Waals surface area (Å²) in [7, 11) is 0. The molecule has 5 heteroatoms. The van der Waals surface area contributed by atoms with Crippen molar-refractivity contribution in [1.82, 2.24) is 0 Å². The summed E-state index contributed by atoms with van der Waals surface area (Å²) in [5, 5.41) is 3.44. The quantitative estimate of drug-likeness (QED) is 0.386. The Morgan fingerprint density at radius 2 is 1.75 bits per heavy atom. The maximum Gasteiger partial charge on any atom is 0.248 e. The number of nitrogens with one attached hydrogen (secondary N) is 1. The van der Waals surface area contributed by atoms with Gasteiger partial charge in [0.25, 0.3) is 0 Å². The summed E-state index contributed by atoms with van der Waals surface area (Å²) < 4.78 is 11.0. The van der Waals surface area contributed by atoms with E-state index in [9.17, 15) is 9.59 Å². The van der Waals surface area contributed by atoms with Crippen molar-refractivity contribution in [2.45, 2.75) is 6.92 Å². The molecule has 0 aliphatic heterocycles. The van der Waals surface area contributed by atoms with Crippen LogP contribution >= 0.6 is 0 Å². The number of anilines is 1. The molecule has 4 aromatic rings. The molecule has 0 bridgehead atoms. The van der Waals surface area contributed by atoms with Crippen LogP contribution in [0.2, 0.25) is 0 Å². The second-order valence-corrected chi connectivity index (χ2v) is 6.34. The molecule has 1 amide bonds. The molecule has 0 saturated carbocycles. The Morgan fingerprint density at radius 3 is 2.50 bits per heavy atom. The number of hydrogen-bond donors (Lipinski definition) is 1. The van der Waals surface area contributed by atoms with Crippen molar-refractivity contribution in [2.24, 2.45) is 0 Å². The van der Waals surface area contributed by atoms with E-state index in [2.05, 4.69) is 5.32 Å². The minimum Gasteiger partial charge on any atom is -0.465 e. The number of para-hydroxylation sites is 1. The van der Waals surface area contributed by atoms with Gasteiger partial charge < -0.3 is 14.2 Å². The van der Waals surface area contributed by atoms with Crippen molar-refractivity contribution >= 4 is 34.4 Å². The first-order valence-electron chi connectivity index (χ1n) is 8.77. The first-order chi connectivity index (χ1) is 13.6. The average Bonchev–Trinajstić information content (AvgIpc) is 3.35. The highest BCUT2D eigenvalue weighted by atomic mass is 16.3. The molecule has 0 saturated heterocycles. The van der Waals surface area contributed by atoms with Gasteiger partial charge in [-0.3, -0.25) is 9.59 Å². The predicted octanol–water partition coefficient (Wildman–Crippen LogP) is 5.22. The van der Waals surface area contributed by atoms with Gasteiger partial charge in [-0.25, -0.2) is 0 Å². The summed E-state index contributed by atoms with van der Waals surface area (Å²) in [4.78, 5) is 25.4. The molecule has 28 heavy (non-hydrogen) atoms. The van der Waals surface area contributed by atoms with Crippen LogP contribution in [0.1, 0.15) is 27.4 Å². The van der Waals surface area contributed by atoms with Gasteiger partial charge in [-0.05, 0) is 37.3 Å². The molecule has 1 N–H and O–H groups in total. The normalized spacial score (nSPS) is 11.2. The predicted molar refractivity (Wildman–Crippen MR) is 107 cm³/mol. The summed E-state index contributed by atoms with van der Waals surface area (Å²) in [5.74, 6) is -0.0182. The number of hydrogen-bond acceptors (Lipinski definition) is 4. The number of carbonyl (C=O) groups is 2. The van der Waals surface area contributed by atoms with Crippen molar-refractivity contribution in [1.29, 1.82) is 0 Å². The monoisotopic (exact) mass is 371 g/mol. The Bertz CT molecular complexity index is 1170. The zero-order valence-electron chi connectivity index (χ0n) is 15.1. The van der Waals surface area contributed by atoms with E-state index in [0.717, 1.165) is 5.56 Å². The van der Waals surface area contributed by atoms with Crippen molar-refractivity contribution < 1.29 is 18.4 Å². The third kappa shape index (κ3) is 3.50. The maximum atomic E-state index is 13.0. The number of furan rings is 2. The van der Waals surface area contributed by atoms with Gasteiger partial charge in [0.2, 0.25) is 11.7 Å². The molecule has 2 aromatic carbocycles. The van der Waals surface area contributed by atoms with Gasteiger partial charge in [0.05, 0.1) is 12.0 Å². The lowest BCUT2D eigenvalue weighted by molar-refractivity contribution is -0.111. The molecule has 2 heterocycles. The Morgan fingerprint density at radius 1 is 0.964 bits per heavy atom. The molecule has 0 spiro atoms. The van der Waals surface area contributed by atoms with Crippen molar-refractivity contribution in [3.63, 3.8) is 0 Å². The molecule has 0 aliphatic rings. The van der Waals surface area contributed by atoms with Crippen LogP contribution in [-0.2, 0) is 4.79 Å². The average molecular weight is 371 g/mol. The highest BCUT2D eigenvalue weighted by molar-refractivity contribution is 6.18. The number of fused-ring (bicyclic) bond motifs is 1. The largest absolute Gasteiger partial charge is 0.465 e. The molecule has 0 atom stereocenters. The van der Waals surface area contributed by atoms with Crippen LogP contribution in [0.3, 0.4) is 0 Å². The summed E-state index contributed by atoms with van der Waals surface area (Å²) in [6.45, 7) is 1.95. The van der Waals surface area contributed by atoms with Crippen LogP contribution in [-0.4, -0.2) is 11.7 Å². The van der Waals surface area contributed by atoms with E-state index >= 15 is 0 Å². The Kier molecular flexibility index (Phi) is 4.64. The van der Waals surface area contributed by atoms with Crippen LogP contribution in [0.4, 0.5) is 5.69 Å². The van der Waals surface area contributed by atoms with Gasteiger partial charge in [-0.2, -0.15) is 0 Å². The van der Waals surface area contributed by atoms with Crippen molar-refractivity contribution in [3.8, 4) is 0 Å². The Hall–Kier alpha value is -3.86. The zero-order valence-corrected chi connectivity index (χ0v) is 15.1. The number of benzene rings is 2. The molecule has 4 rings (SSSR count). The standard InChI is InChI=1S/C23H17NO4/c1-15-8-10-16(11-9-15)22(26)23-21(18-6-2-3-7-19(18)28-23)24-20(25)13-12-17-5-4-14-27-17/h2-14H,1H3,(H,24,25). The highest BCUT2D eigenvalue weighted by Gasteiger charge is 2.22. The molecule has 0 aliphatic carbocycles. The minimum absolute atomic E-state index is 0.102. The fourth-order valence-electron chi connectivity index (χ4n) is 2.87. The number of amides is 1. The van der Waals surface area contributed by atoms with Crippen LogP contribution < -0.4 is 5.32 Å². The summed E-state index contributed by atoms with van der Waals surface area (Å²) in [6.07, 6.45) is 4.43. The van der Waals surface area contributed by atoms with E-state index in [1.807, 2.05) is 31.2 Å². The SMILES string of the molecule is Cc1ccc(C(=O)c2oc3ccccc3c2NC(=O)C=Cc2ccco2)cc1. The van der Waals surface area contributed by atoms with Crippen LogP contribution in [0.5, 0.6) is 0 Å². The van der Waals surface area contributed by atoms with Crippen LogP contribution in [0.15, 0.2) is 81.8 Å². The van der Waals surface area contributed by atoms with E-state index in [0.29, 0.717) is 28.0 Å². The van der Waals surface area contributed by atoms with E-state index in [-0.39, 0.29) is 17.5 Å². The fourth-order valence-corrected chi connectivity index (χ4v) is 2.87. The first kappa shape index (κ1) is 17.5. The highest BCUT2D eigenvalue weighted by Crippen LogP contribution is 2.32. The lowest BCUT2D eigenvalue weighted by Gasteiger charge is -2.04. The number of rotatable bonds is 5. The second-order valence-electron chi connectivity index (χ2n) is 6.34. The Labute approximate surface area is 161 Å². The molecule has 0 fully saturated rings. The lowest BCUT2D eigenvalue weighted by Crippen LogP contribution is -2.11. The Balaban J connectivity index is 1.70. The van der Waals surface area contributed by atoms with Gasteiger partial charge in [-0.1, -0.05) is 42.0 Å². The number of carbonyl (C=O) groups excluding carboxylic acids is 2. The molecular formula is C23H17NO4. The zero-order chi connectivity index (χ0) is 19.5. The molecule has 138 valence electrons. The van der Waals surface area contributed by atoms with Crippen LogP contribution in [0.25, 0.3) is 17.0 Å². The minimum atomic E-state index is -0.388. The lowest BCUT2D eigenvalue weighted by atomic mass is 10.1. The van der Waals surface area contributed by atoms with E-state index in [4.69, 9.17) is 8.83 Å². The smallest absolute Gasteiger partial charge is 0.248 e. The molecule has 5 nitrogen and oxygen atoms in total. The summed E-state index contributed by atoms with van der Waals surface area (Å²) >= 11 is 0. The number of ketones is 1. The third-order valence-corrected chi connectivity index (χ3v) is 4.31. The van der Waals surface area contributed by atoms with E-state index in [1.165, 1.54) is 12.3 Å². The summed E-state index contributed by atoms with van der Waals surface area (Å²) in [6, 6.07) is 17.9. The van der Waals surface area contributed by atoms with Gasteiger partial charge in [0.15, 0.2) is 5.76 Å². The maximum absolute atomic E-state index is 13.0. The van der Waals surface area contributed by atoms with Gasteiger partial charge in [0, 0.05) is 17.0 Å². The molecular weight excluding hydrogens is 354 g/mol. The van der Waals surface area contributed by atoms with Gasteiger partial charge >= 0.3 is 0 Å². The van der Waals surface area contributed by atoms with Crippen LogP contribution in [0, 0.1) is 6.92 Å².